The molecule has 8 heteroatoms. The number of carbonyl (C=O) groups is 2. The molecule has 0 spiro atoms. The van der Waals surface area contributed by atoms with E-state index in [2.05, 4.69) is 0 Å². The molecular formula is C13H18N2O5S. The third-order valence-corrected chi connectivity index (χ3v) is 3.48. The minimum Gasteiger partial charge on any atom is -0.443 e. The Labute approximate surface area is 123 Å². The van der Waals surface area contributed by atoms with E-state index in [9.17, 15) is 18.0 Å². The van der Waals surface area contributed by atoms with Crippen molar-refractivity contribution in [3.8, 4) is 0 Å². The van der Waals surface area contributed by atoms with E-state index in [1.54, 1.807) is 20.8 Å². The Morgan fingerprint density at radius 3 is 2.33 bits per heavy atom. The molecule has 0 aliphatic rings. The van der Waals surface area contributed by atoms with Gasteiger partial charge in [0.05, 0.1) is 4.90 Å². The summed E-state index contributed by atoms with van der Waals surface area (Å²) in [5.41, 5.74) is 1.46. The second-order valence-corrected chi connectivity index (χ2v) is 7.00. The van der Waals surface area contributed by atoms with Crippen LogP contribution in [0.15, 0.2) is 29.2 Å². The lowest BCUT2D eigenvalue weighted by Gasteiger charge is -2.19. The first kappa shape index (κ1) is 17.1. The predicted octanol–water partition coefficient (Wildman–Crippen LogP) is 1.61. The van der Waals surface area contributed by atoms with E-state index in [1.807, 2.05) is 10.3 Å². The standard InChI is InChI=1S/C13H18N2O5S/c1-9(16)10-6-5-7-11(8-10)21(18,19)15-14-12(17)20-13(2,3)4/h5-8,15H,1-4H3,(H,14,17). The molecule has 116 valence electrons. The van der Waals surface area contributed by atoms with Crippen molar-refractivity contribution in [2.24, 2.45) is 0 Å². The highest BCUT2D eigenvalue weighted by Crippen LogP contribution is 2.11. The van der Waals surface area contributed by atoms with E-state index in [0.717, 1.165) is 0 Å². The fraction of sp³-hybridized carbons (Fsp3) is 0.385. The number of hydrogen-bond acceptors (Lipinski definition) is 5. The monoisotopic (exact) mass is 314 g/mol. The molecule has 1 rings (SSSR count). The van der Waals surface area contributed by atoms with E-state index < -0.39 is 21.7 Å². The zero-order chi connectivity index (χ0) is 16.3. The second-order valence-electron chi connectivity index (χ2n) is 5.32. The number of sulfonamides is 1. The molecule has 0 saturated carbocycles. The van der Waals surface area contributed by atoms with Gasteiger partial charge < -0.3 is 4.74 Å². The van der Waals surface area contributed by atoms with Crippen molar-refractivity contribution in [3.63, 3.8) is 0 Å². The first-order valence-electron chi connectivity index (χ1n) is 6.13. The zero-order valence-corrected chi connectivity index (χ0v) is 13.1. The minimum absolute atomic E-state index is 0.133. The number of Topliss-reactive ketones (excluding diaryl/α,β-unsaturated/α-hetero) is 1. The van der Waals surface area contributed by atoms with Gasteiger partial charge in [-0.15, -0.1) is 4.83 Å². The van der Waals surface area contributed by atoms with Crippen LogP contribution >= 0.6 is 0 Å². The molecule has 2 N–H and O–H groups in total. The molecule has 0 atom stereocenters. The highest BCUT2D eigenvalue weighted by atomic mass is 32.2. The van der Waals surface area contributed by atoms with Crippen molar-refractivity contribution in [3.05, 3.63) is 29.8 Å². The summed E-state index contributed by atoms with van der Waals surface area (Å²) in [6, 6.07) is 5.48. The van der Waals surface area contributed by atoms with E-state index in [0.29, 0.717) is 0 Å². The molecule has 0 aromatic heterocycles. The molecule has 21 heavy (non-hydrogen) atoms. The van der Waals surface area contributed by atoms with Gasteiger partial charge in [0.25, 0.3) is 10.0 Å². The summed E-state index contributed by atoms with van der Waals surface area (Å²) >= 11 is 0. The van der Waals surface area contributed by atoms with Gasteiger partial charge in [-0.25, -0.2) is 18.6 Å². The molecule has 0 unspecified atom stereocenters. The Morgan fingerprint density at radius 1 is 1.19 bits per heavy atom. The van der Waals surface area contributed by atoms with Gasteiger partial charge in [0.2, 0.25) is 0 Å². The van der Waals surface area contributed by atoms with Crippen LogP contribution in [0.5, 0.6) is 0 Å². The number of rotatable bonds is 4. The van der Waals surface area contributed by atoms with Gasteiger partial charge in [-0.3, -0.25) is 4.79 Å². The van der Waals surface area contributed by atoms with Gasteiger partial charge in [0.15, 0.2) is 5.78 Å². The van der Waals surface area contributed by atoms with Gasteiger partial charge in [-0.2, -0.15) is 0 Å². The summed E-state index contributed by atoms with van der Waals surface area (Å²) in [5.74, 6) is -0.257. The fourth-order valence-corrected chi connectivity index (χ4v) is 2.23. The highest BCUT2D eigenvalue weighted by molar-refractivity contribution is 7.89. The molecular weight excluding hydrogens is 296 g/mol. The maximum Gasteiger partial charge on any atom is 0.423 e. The van der Waals surface area contributed by atoms with Crippen molar-refractivity contribution in [1.82, 2.24) is 10.3 Å². The predicted molar refractivity (Wildman–Crippen MR) is 76.1 cm³/mol. The summed E-state index contributed by atoms with van der Waals surface area (Å²) in [7, 11) is -3.98. The van der Waals surface area contributed by atoms with Gasteiger partial charge in [0.1, 0.15) is 5.60 Å². The molecule has 0 fully saturated rings. The molecule has 7 nitrogen and oxygen atoms in total. The van der Waals surface area contributed by atoms with Crippen molar-refractivity contribution in [2.45, 2.75) is 38.2 Å². The summed E-state index contributed by atoms with van der Waals surface area (Å²) in [4.78, 5) is 24.4. The van der Waals surface area contributed by atoms with Crippen LogP contribution in [0.25, 0.3) is 0 Å². The van der Waals surface area contributed by atoms with Crippen molar-refractivity contribution in [1.29, 1.82) is 0 Å². The number of hydrazine groups is 1. The Bertz CT molecular complexity index is 647. The van der Waals surface area contributed by atoms with E-state index >= 15 is 0 Å². The Balaban J connectivity index is 2.81. The summed E-state index contributed by atoms with van der Waals surface area (Å²) in [5, 5.41) is 0. The molecule has 0 heterocycles. The topological polar surface area (TPSA) is 102 Å². The summed E-state index contributed by atoms with van der Waals surface area (Å²) in [6.45, 7) is 6.28. The number of carbonyl (C=O) groups excluding carboxylic acids is 2. The highest BCUT2D eigenvalue weighted by Gasteiger charge is 2.20. The van der Waals surface area contributed by atoms with Crippen LogP contribution in [0.4, 0.5) is 4.79 Å². The molecule has 0 bridgehead atoms. The first-order valence-corrected chi connectivity index (χ1v) is 7.61. The number of nitrogens with one attached hydrogen (secondary N) is 2. The van der Waals surface area contributed by atoms with Crippen LogP contribution in [-0.2, 0) is 14.8 Å². The van der Waals surface area contributed by atoms with Crippen LogP contribution in [0.3, 0.4) is 0 Å². The number of amides is 1. The van der Waals surface area contributed by atoms with Crippen LogP contribution in [-0.4, -0.2) is 25.9 Å². The van der Waals surface area contributed by atoms with Gasteiger partial charge in [0, 0.05) is 5.56 Å². The Morgan fingerprint density at radius 2 is 1.81 bits per heavy atom. The Kier molecular flexibility index (Phi) is 5.08. The van der Waals surface area contributed by atoms with E-state index in [1.165, 1.54) is 31.2 Å². The van der Waals surface area contributed by atoms with Crippen LogP contribution in [0.1, 0.15) is 38.1 Å². The largest absolute Gasteiger partial charge is 0.443 e. The molecule has 1 aromatic carbocycles. The summed E-state index contributed by atoms with van der Waals surface area (Å²) < 4.78 is 28.9. The van der Waals surface area contributed by atoms with Crippen molar-refractivity contribution >= 4 is 21.9 Å². The molecule has 0 radical (unpaired) electrons. The molecule has 0 saturated heterocycles. The maximum atomic E-state index is 12.0. The average Bonchev–Trinajstić information content (AvgIpc) is 2.35. The number of ether oxygens (including phenoxy) is 1. The quantitative estimate of drug-likeness (QED) is 0.649. The number of ketones is 1. The molecule has 1 amide bonds. The zero-order valence-electron chi connectivity index (χ0n) is 12.3. The van der Waals surface area contributed by atoms with Crippen LogP contribution in [0.2, 0.25) is 0 Å². The lowest BCUT2D eigenvalue weighted by molar-refractivity contribution is 0.0515. The second kappa shape index (κ2) is 6.23. The number of hydrogen-bond donors (Lipinski definition) is 2. The molecule has 0 aliphatic heterocycles. The van der Waals surface area contributed by atoms with E-state index in [-0.39, 0.29) is 16.2 Å². The normalized spacial score (nSPS) is 11.8. The SMILES string of the molecule is CC(=O)c1cccc(S(=O)(=O)NNC(=O)OC(C)(C)C)c1. The Hall–Kier alpha value is -1.93. The molecule has 0 aliphatic carbocycles. The third-order valence-electron chi connectivity index (χ3n) is 2.24. The van der Waals surface area contributed by atoms with E-state index in [4.69, 9.17) is 4.74 Å². The fourth-order valence-electron chi connectivity index (χ4n) is 1.35. The lowest BCUT2D eigenvalue weighted by Crippen LogP contribution is -2.44. The first-order chi connectivity index (χ1) is 9.51. The minimum atomic E-state index is -3.98. The third kappa shape index (κ3) is 5.52. The smallest absolute Gasteiger partial charge is 0.423 e. The van der Waals surface area contributed by atoms with Crippen LogP contribution < -0.4 is 10.3 Å². The van der Waals surface area contributed by atoms with Crippen LogP contribution in [0, 0.1) is 0 Å². The maximum absolute atomic E-state index is 12.0. The van der Waals surface area contributed by atoms with Crippen molar-refractivity contribution in [2.75, 3.05) is 0 Å². The van der Waals surface area contributed by atoms with Crippen molar-refractivity contribution < 1.29 is 22.7 Å². The van der Waals surface area contributed by atoms with Gasteiger partial charge in [-0.05, 0) is 39.8 Å². The lowest BCUT2D eigenvalue weighted by atomic mass is 10.2. The van der Waals surface area contributed by atoms with Gasteiger partial charge in [-0.1, -0.05) is 12.1 Å². The molecule has 1 aromatic rings. The number of benzene rings is 1. The average molecular weight is 314 g/mol. The summed E-state index contributed by atoms with van der Waals surface area (Å²) in [6.07, 6.45) is -0.922. The van der Waals surface area contributed by atoms with Gasteiger partial charge >= 0.3 is 6.09 Å².